The molecule has 0 bridgehead atoms. The van der Waals surface area contributed by atoms with Crippen LogP contribution in [0.4, 0.5) is 0 Å². The van der Waals surface area contributed by atoms with E-state index >= 15 is 0 Å². The molecule has 0 fully saturated rings. The first-order valence-electron chi connectivity index (χ1n) is 31.6. The molecule has 0 amide bonds. The Hall–Kier alpha value is -12.0. The lowest BCUT2D eigenvalue weighted by Crippen LogP contribution is -2.33. The Morgan fingerprint density at radius 1 is 0.426 bits per heavy atom. The summed E-state index contributed by atoms with van der Waals surface area (Å²) >= 11 is 0. The van der Waals surface area contributed by atoms with Crippen molar-refractivity contribution >= 4 is 47.6 Å². The number of hydrogen-bond donors (Lipinski definition) is 7. The predicted octanol–water partition coefficient (Wildman–Crippen LogP) is 6.96. The van der Waals surface area contributed by atoms with Crippen LogP contribution in [0.25, 0.3) is 0 Å². The summed E-state index contributed by atoms with van der Waals surface area (Å²) in [5.41, 5.74) is 7.87. The molecule has 9 rings (SSSR count). The quantitative estimate of drug-likeness (QED) is 0.0126. The van der Waals surface area contributed by atoms with Gasteiger partial charge >= 0.3 is 35.8 Å². The average molecular weight is 1400 g/mol. The maximum absolute atomic E-state index is 12.4. The third kappa shape index (κ3) is 25.8. The zero-order chi connectivity index (χ0) is 75.5. The highest BCUT2D eigenvalue weighted by atomic mass is 16.6. The van der Waals surface area contributed by atoms with E-state index in [0.29, 0.717) is 49.0 Å². The molecule has 9 aromatic rings. The molecule has 0 aliphatic heterocycles. The van der Waals surface area contributed by atoms with Crippen molar-refractivity contribution in [3.05, 3.63) is 266 Å². The second-order valence-electron chi connectivity index (χ2n) is 21.6. The number of hydrazine groups is 1. The van der Waals surface area contributed by atoms with Gasteiger partial charge < -0.3 is 34.3 Å². The number of carboxylic acid groups (broad SMARTS) is 3. The fraction of sp³-hybridized carbons (Fsp3) is 0.306. The highest BCUT2D eigenvalue weighted by molar-refractivity contribution is 6.14. The van der Waals surface area contributed by atoms with Gasteiger partial charge in [0.2, 0.25) is 5.92 Å². The number of nitrogens with one attached hydrogen (secondary N) is 3. The van der Waals surface area contributed by atoms with Crippen molar-refractivity contribution in [1.82, 2.24) is 43.7 Å². The molecule has 29 heteroatoms. The van der Waals surface area contributed by atoms with E-state index in [0.717, 1.165) is 42.6 Å². The van der Waals surface area contributed by atoms with Crippen molar-refractivity contribution < 1.29 is 72.6 Å². The average Bonchev–Trinajstić information content (AvgIpc) is 1.65. The number of rotatable bonds is 21. The summed E-state index contributed by atoms with van der Waals surface area (Å²) in [5.74, 6) is -2.94. The zero-order valence-corrected chi connectivity index (χ0v) is 58.5. The van der Waals surface area contributed by atoms with E-state index in [1.165, 1.54) is 24.3 Å². The van der Waals surface area contributed by atoms with Crippen LogP contribution in [0.2, 0.25) is 0 Å². The van der Waals surface area contributed by atoms with Crippen LogP contribution in [0.3, 0.4) is 0 Å². The second kappa shape index (κ2) is 42.6. The second-order valence-corrected chi connectivity index (χ2v) is 21.6. The number of carbonyl (C=O) groups excluding carboxylic acids is 5. The van der Waals surface area contributed by atoms with Crippen LogP contribution in [-0.4, -0.2) is 128 Å². The number of aromatic amines is 2. The van der Waals surface area contributed by atoms with E-state index in [1.54, 1.807) is 78.8 Å². The van der Waals surface area contributed by atoms with E-state index in [-0.39, 0.29) is 59.8 Å². The van der Waals surface area contributed by atoms with E-state index in [1.807, 2.05) is 152 Å². The fourth-order valence-electron chi connectivity index (χ4n) is 9.33. The molecule has 29 nitrogen and oxygen atoms in total. The highest BCUT2D eigenvalue weighted by Crippen LogP contribution is 2.12. The number of nitrogens with zero attached hydrogens (tertiary/aromatic N) is 6. The summed E-state index contributed by atoms with van der Waals surface area (Å²) in [6.45, 7) is 18.5. The summed E-state index contributed by atoms with van der Waals surface area (Å²) in [5, 5.41) is 31.0. The van der Waals surface area contributed by atoms with Crippen molar-refractivity contribution in [3.8, 4) is 0 Å². The SMILES string of the molecule is CC(=O)O.CCOC(=O)C(C(C)=O)C(=O)OCC.CCOC(=O)c1c(C)[nH]n(Cc2ccccc2)c1=O.CCOC(=O)c1c(C)n(C)n(Cc2ccccc2)c1=O.Cc1[nH]n(Cc2ccccc2)c(=O)c1C(=O)O.Cc1c(C(=O)O)c(=O)n(Cc2ccccc2)n1C.NNCc1ccccc1. The summed E-state index contributed by atoms with van der Waals surface area (Å²) in [6.07, 6.45) is 0. The standard InChI is InChI=1S/C15H18N2O3.C14H16N2O3.C13H14N2O3.C12H12N2O3.C9H14O5.C7H10N2.C2H4O2/c1-4-20-15(19)13-11(2)16(3)17(14(13)18)10-12-8-6-5-7-9-12;1-3-19-14(18)12-10(2)15-16(13(12)17)9-11-7-5-4-6-8-11;1-9-11(13(17)18)12(16)15(14(9)2)8-10-6-4-3-5-7-10;1-8-10(12(16)17)11(15)14(13-8)7-9-5-3-2-4-6-9;1-4-13-8(11)7(6(3)10)9(12)14-5-2;8-9-6-7-4-2-1-3-5-7;1-2(3)4/h5-9H,4,10H2,1-3H3;4-8,15H,3,9H2,1-2H3;3-7H,8H2,1-2H3,(H,17,18);2-6,13H,7H2,1H3,(H,16,17);7H,4-5H2,1-3H3;1-5,9H,6,8H2;1H3,(H,3,4). The summed E-state index contributed by atoms with van der Waals surface area (Å²) in [6, 6.07) is 48.1. The van der Waals surface area contributed by atoms with Crippen LogP contribution in [0.15, 0.2) is 171 Å². The number of ketones is 1. The lowest BCUT2D eigenvalue weighted by Gasteiger charge is -2.10. The molecule has 0 spiro atoms. The largest absolute Gasteiger partial charge is 0.481 e. The third-order valence-corrected chi connectivity index (χ3v) is 14.3. The van der Waals surface area contributed by atoms with Gasteiger partial charge in [0.1, 0.15) is 22.3 Å². The van der Waals surface area contributed by atoms with Gasteiger partial charge in [0, 0.05) is 39.0 Å². The van der Waals surface area contributed by atoms with Gasteiger partial charge in [0.25, 0.3) is 28.2 Å². The molecule has 101 heavy (non-hydrogen) atoms. The minimum Gasteiger partial charge on any atom is -0.481 e. The van der Waals surface area contributed by atoms with Gasteiger partial charge in [-0.15, -0.1) is 0 Å². The molecule has 0 radical (unpaired) electrons. The van der Waals surface area contributed by atoms with Gasteiger partial charge in [-0.1, -0.05) is 152 Å². The molecule has 5 aromatic carbocycles. The normalized spacial score (nSPS) is 10.1. The lowest BCUT2D eigenvalue weighted by molar-refractivity contribution is -0.163. The molecule has 0 aliphatic carbocycles. The van der Waals surface area contributed by atoms with Crippen molar-refractivity contribution in [2.24, 2.45) is 25.9 Å². The first-order valence-corrected chi connectivity index (χ1v) is 31.6. The van der Waals surface area contributed by atoms with Crippen LogP contribution in [0.5, 0.6) is 0 Å². The molecular formula is C72H88N10O19. The molecule has 0 atom stereocenters. The Kier molecular flexibility index (Phi) is 35.1. The number of H-pyrrole nitrogens is 2. The topological polar surface area (TPSA) is 402 Å². The number of aromatic carboxylic acids is 2. The summed E-state index contributed by atoms with van der Waals surface area (Å²) < 4.78 is 27.9. The number of nitrogens with two attached hydrogens (primary N) is 1. The van der Waals surface area contributed by atoms with Gasteiger partial charge in [-0.05, 0) is 90.1 Å². The minimum absolute atomic E-state index is 0.0813. The molecule has 0 unspecified atom stereocenters. The molecule has 0 saturated carbocycles. The van der Waals surface area contributed by atoms with Crippen LogP contribution in [-0.2, 0) is 84.9 Å². The lowest BCUT2D eigenvalue weighted by atomic mass is 10.1. The first kappa shape index (κ1) is 83.2. The number of esters is 4. The Balaban J connectivity index is 0.000000315. The van der Waals surface area contributed by atoms with Crippen LogP contribution in [0, 0.1) is 33.6 Å². The zero-order valence-electron chi connectivity index (χ0n) is 58.5. The van der Waals surface area contributed by atoms with E-state index < -0.39 is 64.6 Å². The highest BCUT2D eigenvalue weighted by Gasteiger charge is 2.34. The number of aromatic nitrogens is 8. The van der Waals surface area contributed by atoms with E-state index in [9.17, 15) is 52.7 Å². The number of aliphatic carboxylic acids is 1. The number of Topliss-reactive ketones (excluding diaryl/α,β-unsaturated/α-hetero) is 1. The molecule has 0 saturated heterocycles. The van der Waals surface area contributed by atoms with Crippen LogP contribution in [0.1, 0.15) is 134 Å². The Morgan fingerprint density at radius 3 is 1.01 bits per heavy atom. The van der Waals surface area contributed by atoms with Crippen molar-refractivity contribution in [3.63, 3.8) is 0 Å². The fourth-order valence-corrected chi connectivity index (χ4v) is 9.33. The number of aryl methyl sites for hydroxylation is 2. The van der Waals surface area contributed by atoms with Gasteiger partial charge in [-0.3, -0.25) is 69.2 Å². The maximum atomic E-state index is 12.4. The van der Waals surface area contributed by atoms with E-state index in [4.69, 9.17) is 35.4 Å². The Bertz CT molecular complexity index is 4390. The molecule has 4 aromatic heterocycles. The van der Waals surface area contributed by atoms with Gasteiger partial charge in [-0.25, -0.2) is 37.9 Å². The number of ether oxygens (including phenoxy) is 4. The van der Waals surface area contributed by atoms with Gasteiger partial charge in [0.05, 0.1) is 64.0 Å². The molecule has 540 valence electrons. The Morgan fingerprint density at radius 2 is 0.713 bits per heavy atom. The maximum Gasteiger partial charge on any atom is 0.345 e. The van der Waals surface area contributed by atoms with Crippen molar-refractivity contribution in [2.45, 2.75) is 102 Å². The Labute approximate surface area is 581 Å². The van der Waals surface area contributed by atoms with Crippen LogP contribution < -0.4 is 33.5 Å². The smallest absolute Gasteiger partial charge is 0.345 e. The first-order chi connectivity index (χ1) is 48.0. The molecular weight excluding hydrogens is 1310 g/mol. The minimum atomic E-state index is -1.44. The van der Waals surface area contributed by atoms with Crippen molar-refractivity contribution in [1.29, 1.82) is 0 Å². The molecule has 8 N–H and O–H groups in total. The van der Waals surface area contributed by atoms with Gasteiger partial charge in [0.15, 0.2) is 5.78 Å². The molecule has 0 aliphatic rings. The predicted molar refractivity (Wildman–Crippen MR) is 375 cm³/mol. The molecule has 4 heterocycles. The number of carboxylic acids is 3. The monoisotopic (exact) mass is 1400 g/mol. The van der Waals surface area contributed by atoms with Crippen LogP contribution >= 0.6 is 0 Å². The summed E-state index contributed by atoms with van der Waals surface area (Å²) in [4.78, 5) is 136. The van der Waals surface area contributed by atoms with Crippen molar-refractivity contribution in [2.75, 3.05) is 26.4 Å². The number of benzene rings is 5. The summed E-state index contributed by atoms with van der Waals surface area (Å²) in [7, 11) is 3.45. The van der Waals surface area contributed by atoms with Gasteiger partial charge in [-0.2, -0.15) is 0 Å². The number of hydrogen-bond acceptors (Lipinski definition) is 18. The third-order valence-electron chi connectivity index (χ3n) is 14.3. The number of carbonyl (C=O) groups is 8. The van der Waals surface area contributed by atoms with E-state index in [2.05, 4.69) is 25.1 Å².